The lowest BCUT2D eigenvalue weighted by molar-refractivity contribution is -0.385. The summed E-state index contributed by atoms with van der Waals surface area (Å²) in [5.74, 6) is -1.13. The van der Waals surface area contributed by atoms with E-state index in [2.05, 4.69) is 9.89 Å². The molecule has 0 spiro atoms. The van der Waals surface area contributed by atoms with Crippen LogP contribution in [0.5, 0.6) is 5.75 Å². The van der Waals surface area contributed by atoms with Crippen molar-refractivity contribution in [1.82, 2.24) is 5.16 Å². The van der Waals surface area contributed by atoms with Gasteiger partial charge in [-0.15, -0.1) is 13.2 Å². The van der Waals surface area contributed by atoms with Crippen LogP contribution in [0.4, 0.5) is 18.9 Å². The Morgan fingerprint density at radius 1 is 1.33 bits per heavy atom. The molecule has 0 saturated heterocycles. The zero-order valence-electron chi connectivity index (χ0n) is 11.9. The molecule has 0 aliphatic heterocycles. The van der Waals surface area contributed by atoms with Gasteiger partial charge in [0.2, 0.25) is 5.78 Å². The molecule has 1 aliphatic rings. The van der Waals surface area contributed by atoms with E-state index >= 15 is 0 Å². The molecule has 3 rings (SSSR count). The minimum atomic E-state index is -4.99. The minimum absolute atomic E-state index is 0.0401. The largest absolute Gasteiger partial charge is 0.573 e. The minimum Gasteiger partial charge on any atom is -0.406 e. The van der Waals surface area contributed by atoms with Crippen molar-refractivity contribution in [2.24, 2.45) is 0 Å². The van der Waals surface area contributed by atoms with E-state index in [4.69, 9.17) is 4.52 Å². The Bertz CT molecular complexity index is 811. The first kappa shape index (κ1) is 16.0. The second-order valence-electron chi connectivity index (χ2n) is 5.19. The monoisotopic (exact) mass is 342 g/mol. The third-order valence-electron chi connectivity index (χ3n) is 3.44. The van der Waals surface area contributed by atoms with E-state index in [0.29, 0.717) is 11.8 Å². The standard InChI is InChI=1S/C14H9F3N2O5/c15-14(16,17)23-8-3-4-9(11(5-8)19(21)22)12(20)10-6-18-24-13(10)7-1-2-7/h3-7H,1-2H2. The maximum Gasteiger partial charge on any atom is 0.573 e. The maximum absolute atomic E-state index is 12.5. The van der Waals surface area contributed by atoms with Crippen LogP contribution in [0.15, 0.2) is 28.9 Å². The highest BCUT2D eigenvalue weighted by Crippen LogP contribution is 2.42. The SMILES string of the molecule is O=C(c1ccc(OC(F)(F)F)cc1[N+](=O)[O-])c1cnoc1C1CC1. The summed E-state index contributed by atoms with van der Waals surface area (Å²) >= 11 is 0. The summed E-state index contributed by atoms with van der Waals surface area (Å²) in [6.07, 6.45) is -2.21. The van der Waals surface area contributed by atoms with Gasteiger partial charge in [0, 0.05) is 5.92 Å². The number of ether oxygens (including phenoxy) is 1. The number of nitro benzene ring substituents is 1. The summed E-state index contributed by atoms with van der Waals surface area (Å²) in [5, 5.41) is 14.7. The number of hydrogen-bond donors (Lipinski definition) is 0. The Morgan fingerprint density at radius 3 is 2.62 bits per heavy atom. The number of alkyl halides is 3. The van der Waals surface area contributed by atoms with Gasteiger partial charge in [-0.05, 0) is 25.0 Å². The molecule has 1 saturated carbocycles. The number of rotatable bonds is 5. The molecule has 1 aromatic heterocycles. The van der Waals surface area contributed by atoms with Gasteiger partial charge in [0.15, 0.2) is 5.76 Å². The highest BCUT2D eigenvalue weighted by molar-refractivity contribution is 6.12. The van der Waals surface area contributed by atoms with Crippen molar-refractivity contribution in [1.29, 1.82) is 0 Å². The van der Waals surface area contributed by atoms with Crippen LogP contribution < -0.4 is 4.74 Å². The van der Waals surface area contributed by atoms with Gasteiger partial charge in [-0.25, -0.2) is 0 Å². The van der Waals surface area contributed by atoms with E-state index in [1.807, 2.05) is 0 Å². The van der Waals surface area contributed by atoms with Crippen molar-refractivity contribution in [3.05, 3.63) is 51.4 Å². The van der Waals surface area contributed by atoms with Crippen molar-refractivity contribution in [2.45, 2.75) is 25.1 Å². The Labute approximate surface area is 132 Å². The van der Waals surface area contributed by atoms with Crippen LogP contribution in [-0.4, -0.2) is 22.2 Å². The number of carbonyl (C=O) groups excluding carboxylic acids is 1. The smallest absolute Gasteiger partial charge is 0.406 e. The van der Waals surface area contributed by atoms with E-state index in [-0.39, 0.29) is 17.0 Å². The molecule has 0 atom stereocenters. The van der Waals surface area contributed by atoms with Gasteiger partial charge in [-0.2, -0.15) is 0 Å². The Balaban J connectivity index is 1.98. The number of halogens is 3. The first-order chi connectivity index (χ1) is 11.3. The molecule has 1 fully saturated rings. The number of aromatic nitrogens is 1. The predicted molar refractivity (Wildman–Crippen MR) is 71.7 cm³/mol. The van der Waals surface area contributed by atoms with E-state index in [0.717, 1.165) is 31.2 Å². The number of ketones is 1. The van der Waals surface area contributed by atoms with Crippen LogP contribution in [0.3, 0.4) is 0 Å². The number of nitro groups is 1. The fourth-order valence-electron chi connectivity index (χ4n) is 2.26. The number of benzene rings is 1. The normalized spacial score (nSPS) is 14.5. The van der Waals surface area contributed by atoms with Gasteiger partial charge in [-0.3, -0.25) is 14.9 Å². The summed E-state index contributed by atoms with van der Waals surface area (Å²) in [6.45, 7) is 0. The lowest BCUT2D eigenvalue weighted by Crippen LogP contribution is -2.17. The molecule has 10 heteroatoms. The van der Waals surface area contributed by atoms with Crippen molar-refractivity contribution in [3.8, 4) is 5.75 Å². The topological polar surface area (TPSA) is 95.5 Å². The lowest BCUT2D eigenvalue weighted by Gasteiger charge is -2.09. The quantitative estimate of drug-likeness (QED) is 0.468. The summed E-state index contributed by atoms with van der Waals surface area (Å²) in [7, 11) is 0. The first-order valence-electron chi connectivity index (χ1n) is 6.79. The summed E-state index contributed by atoms with van der Waals surface area (Å²) in [5.41, 5.74) is -1.07. The van der Waals surface area contributed by atoms with E-state index < -0.39 is 28.5 Å². The molecule has 7 nitrogen and oxygen atoms in total. The van der Waals surface area contributed by atoms with Crippen molar-refractivity contribution < 1.29 is 32.1 Å². The van der Waals surface area contributed by atoms with Crippen molar-refractivity contribution >= 4 is 11.5 Å². The summed E-state index contributed by atoms with van der Waals surface area (Å²) in [6, 6.07) is 2.33. The van der Waals surface area contributed by atoms with Crippen LogP contribution in [0.1, 0.15) is 40.4 Å². The average molecular weight is 342 g/mol. The van der Waals surface area contributed by atoms with E-state index in [1.165, 1.54) is 0 Å². The number of hydrogen-bond acceptors (Lipinski definition) is 6. The molecule has 0 amide bonds. The third-order valence-corrected chi connectivity index (χ3v) is 3.44. The molecule has 0 bridgehead atoms. The van der Waals surface area contributed by atoms with Gasteiger partial charge < -0.3 is 9.26 Å². The van der Waals surface area contributed by atoms with Crippen LogP contribution in [-0.2, 0) is 0 Å². The second kappa shape index (κ2) is 5.62. The third kappa shape index (κ3) is 3.21. The second-order valence-corrected chi connectivity index (χ2v) is 5.19. The Hall–Kier alpha value is -2.91. The first-order valence-corrected chi connectivity index (χ1v) is 6.79. The zero-order valence-corrected chi connectivity index (χ0v) is 11.9. The predicted octanol–water partition coefficient (Wildman–Crippen LogP) is 3.59. The molecule has 0 N–H and O–H groups in total. The van der Waals surface area contributed by atoms with Gasteiger partial charge in [0.05, 0.1) is 22.7 Å². The fraction of sp³-hybridized carbons (Fsp3) is 0.286. The molecule has 0 radical (unpaired) electrons. The zero-order chi connectivity index (χ0) is 17.5. The van der Waals surface area contributed by atoms with Crippen LogP contribution in [0, 0.1) is 10.1 Å². The van der Waals surface area contributed by atoms with Crippen molar-refractivity contribution in [2.75, 3.05) is 0 Å². The molecule has 1 heterocycles. The maximum atomic E-state index is 12.5. The molecule has 24 heavy (non-hydrogen) atoms. The van der Waals surface area contributed by atoms with Gasteiger partial charge in [0.1, 0.15) is 11.3 Å². The van der Waals surface area contributed by atoms with E-state index in [9.17, 15) is 28.1 Å². The molecular formula is C14H9F3N2O5. The van der Waals surface area contributed by atoms with E-state index in [1.54, 1.807) is 0 Å². The molecular weight excluding hydrogens is 333 g/mol. The highest BCUT2D eigenvalue weighted by Gasteiger charge is 2.35. The lowest BCUT2D eigenvalue weighted by atomic mass is 10.0. The average Bonchev–Trinajstić information content (AvgIpc) is 3.22. The molecule has 1 aromatic carbocycles. The van der Waals surface area contributed by atoms with Crippen LogP contribution in [0.25, 0.3) is 0 Å². The highest BCUT2D eigenvalue weighted by atomic mass is 19.4. The summed E-state index contributed by atoms with van der Waals surface area (Å²) in [4.78, 5) is 22.7. The molecule has 126 valence electrons. The number of nitrogens with zero attached hydrogens (tertiary/aromatic N) is 2. The fourth-order valence-corrected chi connectivity index (χ4v) is 2.26. The summed E-state index contributed by atoms with van der Waals surface area (Å²) < 4.78 is 45.3. The molecule has 1 aliphatic carbocycles. The Kier molecular flexibility index (Phi) is 3.74. The number of carbonyl (C=O) groups is 1. The Morgan fingerprint density at radius 2 is 2.04 bits per heavy atom. The van der Waals surface area contributed by atoms with Crippen LogP contribution in [0.2, 0.25) is 0 Å². The van der Waals surface area contributed by atoms with Crippen molar-refractivity contribution in [3.63, 3.8) is 0 Å². The van der Waals surface area contributed by atoms with Crippen LogP contribution >= 0.6 is 0 Å². The van der Waals surface area contributed by atoms with Gasteiger partial charge >= 0.3 is 6.36 Å². The molecule has 0 unspecified atom stereocenters. The molecule has 2 aromatic rings. The van der Waals surface area contributed by atoms with Gasteiger partial charge in [0.25, 0.3) is 5.69 Å². The van der Waals surface area contributed by atoms with Gasteiger partial charge in [-0.1, -0.05) is 5.16 Å².